The second-order valence-electron chi connectivity index (χ2n) is 4.51. The summed E-state index contributed by atoms with van der Waals surface area (Å²) in [5, 5.41) is 0. The number of Topliss-reactive ketones (excluding diaryl/α,β-unsaturated/α-hetero) is 1. The molecule has 0 saturated carbocycles. The van der Waals surface area contributed by atoms with Crippen molar-refractivity contribution in [2.75, 3.05) is 27.9 Å². The lowest BCUT2D eigenvalue weighted by atomic mass is 10.1. The van der Waals surface area contributed by atoms with Crippen LogP contribution < -0.4 is 14.2 Å². The maximum atomic E-state index is 12.3. The lowest BCUT2D eigenvalue weighted by Crippen LogP contribution is -2.14. The van der Waals surface area contributed by atoms with Crippen LogP contribution in [-0.4, -0.2) is 39.7 Å². The zero-order valence-electron chi connectivity index (χ0n) is 13.3. The Balaban J connectivity index is 2.15. The molecule has 2 rings (SSSR count). The fraction of sp³-hybridized carbons (Fsp3) is 0.250. The van der Waals surface area contributed by atoms with Crippen molar-refractivity contribution in [3.63, 3.8) is 0 Å². The van der Waals surface area contributed by atoms with Crippen LogP contribution in [0, 0.1) is 0 Å². The van der Waals surface area contributed by atoms with E-state index < -0.39 is 12.6 Å². The third-order valence-electron chi connectivity index (χ3n) is 3.11. The Morgan fingerprint density at radius 1 is 1.00 bits per heavy atom. The molecule has 0 amide bonds. The van der Waals surface area contributed by atoms with Crippen molar-refractivity contribution in [3.05, 3.63) is 39.0 Å². The number of ether oxygens (including phenoxy) is 4. The first kappa shape index (κ1) is 18.1. The minimum absolute atomic E-state index is 0.132. The Morgan fingerprint density at radius 3 is 2.17 bits per heavy atom. The summed E-state index contributed by atoms with van der Waals surface area (Å²) in [6.45, 7) is -0.396. The minimum atomic E-state index is -0.705. The van der Waals surface area contributed by atoms with Gasteiger partial charge < -0.3 is 18.9 Å². The predicted octanol–water partition coefficient (Wildman–Crippen LogP) is 3.47. The number of carbonyl (C=O) groups is 2. The Kier molecular flexibility index (Phi) is 6.05. The van der Waals surface area contributed by atoms with E-state index in [0.29, 0.717) is 20.7 Å². The number of methoxy groups -OCH3 is 3. The van der Waals surface area contributed by atoms with E-state index in [1.807, 2.05) is 0 Å². The molecule has 0 unspecified atom stereocenters. The molecule has 0 aliphatic carbocycles. The van der Waals surface area contributed by atoms with Crippen molar-refractivity contribution in [1.82, 2.24) is 0 Å². The molecule has 0 aliphatic rings. The number of ketones is 1. The maximum absolute atomic E-state index is 12.3. The highest BCUT2D eigenvalue weighted by atomic mass is 35.5. The number of hydrogen-bond donors (Lipinski definition) is 0. The van der Waals surface area contributed by atoms with Gasteiger partial charge in [-0.2, -0.15) is 0 Å². The number of carbonyl (C=O) groups excluding carboxylic acids is 2. The smallest absolute Gasteiger partial charge is 0.342 e. The van der Waals surface area contributed by atoms with Crippen molar-refractivity contribution in [3.8, 4) is 17.2 Å². The molecule has 0 aliphatic heterocycles. The van der Waals surface area contributed by atoms with Crippen molar-refractivity contribution in [2.24, 2.45) is 0 Å². The molecule has 1 heterocycles. The van der Waals surface area contributed by atoms with Gasteiger partial charge in [-0.3, -0.25) is 4.79 Å². The first-order valence-corrected chi connectivity index (χ1v) is 7.95. The monoisotopic (exact) mass is 370 g/mol. The summed E-state index contributed by atoms with van der Waals surface area (Å²) in [4.78, 5) is 24.7. The Hall–Kier alpha value is -2.25. The van der Waals surface area contributed by atoms with Gasteiger partial charge in [0.05, 0.1) is 30.5 Å². The fourth-order valence-electron chi connectivity index (χ4n) is 1.93. The SMILES string of the molecule is COc1cc(OC)c(C(=O)OCC(=O)c2ccc(Cl)s2)cc1OC. The average Bonchev–Trinajstić information content (AvgIpc) is 3.04. The van der Waals surface area contributed by atoms with E-state index >= 15 is 0 Å². The molecule has 1 aromatic carbocycles. The summed E-state index contributed by atoms with van der Waals surface area (Å²) in [5.41, 5.74) is 0.132. The van der Waals surface area contributed by atoms with Gasteiger partial charge in [-0.25, -0.2) is 4.79 Å². The molecular weight excluding hydrogens is 356 g/mol. The number of hydrogen-bond acceptors (Lipinski definition) is 7. The third kappa shape index (κ3) is 3.98. The van der Waals surface area contributed by atoms with E-state index in [4.69, 9.17) is 30.5 Å². The van der Waals surface area contributed by atoms with Gasteiger partial charge in [0.15, 0.2) is 18.1 Å². The summed E-state index contributed by atoms with van der Waals surface area (Å²) < 4.78 is 21.0. The molecule has 0 N–H and O–H groups in total. The first-order chi connectivity index (χ1) is 11.5. The summed E-state index contributed by atoms with van der Waals surface area (Å²) in [6, 6.07) is 6.14. The van der Waals surface area contributed by atoms with E-state index in [1.165, 1.54) is 33.5 Å². The lowest BCUT2D eigenvalue weighted by molar-refractivity contribution is 0.0472. The molecule has 2 aromatic rings. The maximum Gasteiger partial charge on any atom is 0.342 e. The van der Waals surface area contributed by atoms with Gasteiger partial charge in [0, 0.05) is 12.1 Å². The molecule has 128 valence electrons. The summed E-state index contributed by atoms with van der Waals surface area (Å²) in [7, 11) is 4.33. The highest BCUT2D eigenvalue weighted by Gasteiger charge is 2.20. The predicted molar refractivity (Wildman–Crippen MR) is 90.0 cm³/mol. The van der Waals surface area contributed by atoms with Crippen LogP contribution in [-0.2, 0) is 4.74 Å². The third-order valence-corrected chi connectivity index (χ3v) is 4.38. The van der Waals surface area contributed by atoms with Crippen molar-refractivity contribution in [2.45, 2.75) is 0 Å². The van der Waals surface area contributed by atoms with Crippen molar-refractivity contribution < 1.29 is 28.5 Å². The summed E-state index contributed by atoms with van der Waals surface area (Å²) in [5.74, 6) is -0.0235. The Morgan fingerprint density at radius 2 is 1.62 bits per heavy atom. The molecule has 0 fully saturated rings. The van der Waals surface area contributed by atoms with E-state index in [2.05, 4.69) is 0 Å². The molecule has 0 radical (unpaired) electrons. The van der Waals surface area contributed by atoms with Gasteiger partial charge >= 0.3 is 5.97 Å². The normalized spacial score (nSPS) is 10.2. The van der Waals surface area contributed by atoms with E-state index in [9.17, 15) is 9.59 Å². The number of thiophene rings is 1. The molecule has 0 bridgehead atoms. The molecule has 0 spiro atoms. The average molecular weight is 371 g/mol. The largest absolute Gasteiger partial charge is 0.496 e. The number of rotatable bonds is 7. The van der Waals surface area contributed by atoms with Crippen LogP contribution in [0.25, 0.3) is 0 Å². The second kappa shape index (κ2) is 8.03. The molecule has 0 saturated heterocycles. The summed E-state index contributed by atoms with van der Waals surface area (Å²) >= 11 is 6.91. The molecule has 8 heteroatoms. The topological polar surface area (TPSA) is 71.1 Å². The molecule has 0 atom stereocenters. The number of benzene rings is 1. The van der Waals surface area contributed by atoms with Crippen LogP contribution in [0.15, 0.2) is 24.3 Å². The van der Waals surface area contributed by atoms with Crippen molar-refractivity contribution >= 4 is 34.7 Å². The molecule has 24 heavy (non-hydrogen) atoms. The zero-order chi connectivity index (χ0) is 17.7. The first-order valence-electron chi connectivity index (χ1n) is 6.75. The molecule has 1 aromatic heterocycles. The van der Waals surface area contributed by atoms with Gasteiger partial charge in [-0.15, -0.1) is 11.3 Å². The molecular formula is C16H15ClO6S. The van der Waals surface area contributed by atoms with Crippen LogP contribution in [0.1, 0.15) is 20.0 Å². The standard InChI is InChI=1S/C16H15ClO6S/c1-20-11-7-13(22-3)12(21-2)6-9(11)16(19)23-8-10(18)14-4-5-15(17)24-14/h4-7H,8H2,1-3H3. The second-order valence-corrected chi connectivity index (χ2v) is 6.23. The summed E-state index contributed by atoms with van der Waals surface area (Å²) in [6.07, 6.45) is 0. The van der Waals surface area contributed by atoms with Gasteiger partial charge in [0.25, 0.3) is 0 Å². The van der Waals surface area contributed by atoms with E-state index in [-0.39, 0.29) is 17.1 Å². The number of halogens is 1. The molecule has 6 nitrogen and oxygen atoms in total. The highest BCUT2D eigenvalue weighted by Crippen LogP contribution is 2.35. The van der Waals surface area contributed by atoms with Gasteiger partial charge in [-0.05, 0) is 12.1 Å². The van der Waals surface area contributed by atoms with Crippen LogP contribution in [0.3, 0.4) is 0 Å². The quantitative estimate of drug-likeness (QED) is 0.549. The zero-order valence-corrected chi connectivity index (χ0v) is 14.8. The Bertz CT molecular complexity index is 755. The fourth-order valence-corrected chi connectivity index (χ4v) is 2.90. The highest BCUT2D eigenvalue weighted by molar-refractivity contribution is 7.18. The van der Waals surface area contributed by atoms with Crippen molar-refractivity contribution in [1.29, 1.82) is 0 Å². The lowest BCUT2D eigenvalue weighted by Gasteiger charge is -2.13. The van der Waals surface area contributed by atoms with Crippen LogP contribution >= 0.6 is 22.9 Å². The number of esters is 1. The minimum Gasteiger partial charge on any atom is -0.496 e. The van der Waals surface area contributed by atoms with Gasteiger partial charge in [0.1, 0.15) is 11.3 Å². The van der Waals surface area contributed by atoms with Crippen LogP contribution in [0.5, 0.6) is 17.2 Å². The van der Waals surface area contributed by atoms with Gasteiger partial charge in [0.2, 0.25) is 5.78 Å². The van der Waals surface area contributed by atoms with Crippen LogP contribution in [0.2, 0.25) is 4.34 Å². The van der Waals surface area contributed by atoms with E-state index in [1.54, 1.807) is 12.1 Å². The van der Waals surface area contributed by atoms with Crippen LogP contribution in [0.4, 0.5) is 0 Å². The Labute approximate surface area is 147 Å². The van der Waals surface area contributed by atoms with Gasteiger partial charge in [-0.1, -0.05) is 11.6 Å². The van der Waals surface area contributed by atoms with E-state index in [0.717, 1.165) is 11.3 Å².